The minimum absolute atomic E-state index is 0.561. The molecule has 3 N–H and O–H groups in total. The molecule has 3 rings (SSSR count). The van der Waals surface area contributed by atoms with E-state index in [2.05, 4.69) is 15.5 Å². The van der Waals surface area contributed by atoms with Gasteiger partial charge in [-0.1, -0.05) is 0 Å². The first kappa shape index (κ1) is 13.6. The number of rotatable bonds is 4. The summed E-state index contributed by atoms with van der Waals surface area (Å²) >= 11 is 0. The predicted molar refractivity (Wildman–Crippen MR) is 80.6 cm³/mol. The molecule has 0 spiro atoms. The van der Waals surface area contributed by atoms with Crippen molar-refractivity contribution in [1.29, 1.82) is 0 Å². The van der Waals surface area contributed by atoms with Crippen LogP contribution >= 0.6 is 0 Å². The van der Waals surface area contributed by atoms with Crippen LogP contribution < -0.4 is 20.5 Å². The van der Waals surface area contributed by atoms with Gasteiger partial charge in [0.25, 0.3) is 0 Å². The molecule has 0 bridgehead atoms. The van der Waals surface area contributed by atoms with Gasteiger partial charge in [0.1, 0.15) is 5.82 Å². The molecule has 0 saturated carbocycles. The van der Waals surface area contributed by atoms with Crippen molar-refractivity contribution in [1.82, 2.24) is 10.2 Å². The molecule has 6 heteroatoms. The Balaban J connectivity index is 1.81. The van der Waals surface area contributed by atoms with Gasteiger partial charge < -0.3 is 20.5 Å². The second kappa shape index (κ2) is 6.41. The maximum absolute atomic E-state index is 5.69. The third-order valence-electron chi connectivity index (χ3n) is 3.16. The van der Waals surface area contributed by atoms with Crippen LogP contribution in [0, 0.1) is 0 Å². The summed E-state index contributed by atoms with van der Waals surface area (Å²) in [5, 5.41) is 11.4. The van der Waals surface area contributed by atoms with E-state index in [-0.39, 0.29) is 0 Å². The third-order valence-corrected chi connectivity index (χ3v) is 3.16. The summed E-state index contributed by atoms with van der Waals surface area (Å²) in [5.74, 6) is 2.26. The molecular weight excluding hydrogens is 268 g/mol. The van der Waals surface area contributed by atoms with Crippen LogP contribution in [0.4, 0.5) is 5.82 Å². The monoisotopic (exact) mass is 286 g/mol. The Labute approximate surface area is 123 Å². The van der Waals surface area contributed by atoms with E-state index >= 15 is 0 Å². The number of hydrogen-bond acceptors (Lipinski definition) is 6. The second-order valence-corrected chi connectivity index (χ2v) is 4.73. The number of aromatic nitrogens is 2. The Bertz CT molecular complexity index is 601. The van der Waals surface area contributed by atoms with Crippen molar-refractivity contribution in [2.75, 3.05) is 31.6 Å². The maximum atomic E-state index is 5.69. The summed E-state index contributed by atoms with van der Waals surface area (Å²) in [5.41, 5.74) is 7.19. The van der Waals surface area contributed by atoms with E-state index in [0.717, 1.165) is 35.0 Å². The summed E-state index contributed by atoms with van der Waals surface area (Å²) in [7, 11) is 0. The molecular formula is C15H18N4O2. The summed E-state index contributed by atoms with van der Waals surface area (Å²) in [6, 6.07) is 9.63. The van der Waals surface area contributed by atoms with Crippen molar-refractivity contribution in [2.45, 2.75) is 6.42 Å². The van der Waals surface area contributed by atoms with Gasteiger partial charge in [-0.3, -0.25) is 0 Å². The van der Waals surface area contributed by atoms with Crippen LogP contribution in [-0.2, 0) is 0 Å². The number of fused-ring (bicyclic) bond motifs is 1. The Morgan fingerprint density at radius 1 is 1.05 bits per heavy atom. The van der Waals surface area contributed by atoms with Gasteiger partial charge in [0, 0.05) is 25.1 Å². The number of nitrogens with two attached hydrogens (primary N) is 1. The fourth-order valence-corrected chi connectivity index (χ4v) is 2.10. The number of benzene rings is 1. The third kappa shape index (κ3) is 3.22. The normalized spacial score (nSPS) is 13.6. The standard InChI is InChI=1S/C15H18N4O2/c16-6-7-17-15-5-3-12(18-19-15)11-2-4-13-14(10-11)21-9-1-8-20-13/h2-5,10H,1,6-9,16H2,(H,17,19). The van der Waals surface area contributed by atoms with Gasteiger partial charge in [0.15, 0.2) is 11.5 Å². The number of nitrogens with zero attached hydrogens (tertiary/aromatic N) is 2. The molecule has 0 unspecified atom stereocenters. The summed E-state index contributed by atoms with van der Waals surface area (Å²) in [6.07, 6.45) is 0.894. The Morgan fingerprint density at radius 2 is 1.90 bits per heavy atom. The topological polar surface area (TPSA) is 82.3 Å². The van der Waals surface area contributed by atoms with Gasteiger partial charge >= 0.3 is 0 Å². The highest BCUT2D eigenvalue weighted by Crippen LogP contribution is 2.33. The van der Waals surface area contributed by atoms with Crippen LogP contribution in [0.5, 0.6) is 11.5 Å². The summed E-state index contributed by atoms with van der Waals surface area (Å²) in [6.45, 7) is 2.60. The van der Waals surface area contributed by atoms with E-state index in [4.69, 9.17) is 15.2 Å². The highest BCUT2D eigenvalue weighted by molar-refractivity contribution is 5.64. The van der Waals surface area contributed by atoms with E-state index in [0.29, 0.717) is 26.3 Å². The van der Waals surface area contributed by atoms with Crippen molar-refractivity contribution < 1.29 is 9.47 Å². The van der Waals surface area contributed by atoms with Gasteiger partial charge in [-0.25, -0.2) is 0 Å². The molecule has 1 aliphatic rings. The molecule has 0 radical (unpaired) electrons. The van der Waals surface area contributed by atoms with Crippen LogP contribution in [-0.4, -0.2) is 36.5 Å². The van der Waals surface area contributed by atoms with Crippen molar-refractivity contribution in [3.8, 4) is 22.8 Å². The van der Waals surface area contributed by atoms with Crippen LogP contribution in [0.15, 0.2) is 30.3 Å². The van der Waals surface area contributed by atoms with Crippen LogP contribution in [0.1, 0.15) is 6.42 Å². The largest absolute Gasteiger partial charge is 0.490 e. The lowest BCUT2D eigenvalue weighted by Crippen LogP contribution is -2.14. The minimum atomic E-state index is 0.561. The van der Waals surface area contributed by atoms with Crippen molar-refractivity contribution in [2.24, 2.45) is 5.73 Å². The molecule has 0 fully saturated rings. The van der Waals surface area contributed by atoms with Crippen molar-refractivity contribution >= 4 is 5.82 Å². The molecule has 2 heterocycles. The fourth-order valence-electron chi connectivity index (χ4n) is 2.10. The second-order valence-electron chi connectivity index (χ2n) is 4.73. The van der Waals surface area contributed by atoms with E-state index in [1.807, 2.05) is 30.3 Å². The highest BCUT2D eigenvalue weighted by atomic mass is 16.5. The molecule has 1 aliphatic heterocycles. The lowest BCUT2D eigenvalue weighted by atomic mass is 10.1. The van der Waals surface area contributed by atoms with E-state index in [9.17, 15) is 0 Å². The summed E-state index contributed by atoms with van der Waals surface area (Å²) < 4.78 is 11.3. The first-order valence-corrected chi connectivity index (χ1v) is 7.04. The quantitative estimate of drug-likeness (QED) is 0.889. The molecule has 6 nitrogen and oxygen atoms in total. The Kier molecular flexibility index (Phi) is 4.16. The molecule has 110 valence electrons. The van der Waals surface area contributed by atoms with Gasteiger partial charge in [-0.15, -0.1) is 10.2 Å². The maximum Gasteiger partial charge on any atom is 0.161 e. The Hall–Kier alpha value is -2.34. The number of nitrogens with one attached hydrogen (secondary N) is 1. The molecule has 1 aromatic heterocycles. The van der Waals surface area contributed by atoms with Gasteiger partial charge in [-0.05, 0) is 30.3 Å². The predicted octanol–water partition coefficient (Wildman–Crippen LogP) is 1.68. The molecule has 0 saturated heterocycles. The first-order valence-electron chi connectivity index (χ1n) is 7.04. The number of anilines is 1. The number of ether oxygens (including phenoxy) is 2. The van der Waals surface area contributed by atoms with Gasteiger partial charge in [-0.2, -0.15) is 0 Å². The zero-order valence-electron chi connectivity index (χ0n) is 11.7. The summed E-state index contributed by atoms with van der Waals surface area (Å²) in [4.78, 5) is 0. The van der Waals surface area contributed by atoms with Crippen molar-refractivity contribution in [3.63, 3.8) is 0 Å². The average Bonchev–Trinajstić information content (AvgIpc) is 2.78. The fraction of sp³-hybridized carbons (Fsp3) is 0.333. The highest BCUT2D eigenvalue weighted by Gasteiger charge is 2.12. The molecule has 0 amide bonds. The zero-order chi connectivity index (χ0) is 14.5. The molecule has 1 aromatic carbocycles. The average molecular weight is 286 g/mol. The van der Waals surface area contributed by atoms with Crippen LogP contribution in [0.3, 0.4) is 0 Å². The molecule has 2 aromatic rings. The molecule has 21 heavy (non-hydrogen) atoms. The lowest BCUT2D eigenvalue weighted by Gasteiger charge is -2.09. The first-order chi connectivity index (χ1) is 10.4. The minimum Gasteiger partial charge on any atom is -0.490 e. The van der Waals surface area contributed by atoms with E-state index in [1.165, 1.54) is 0 Å². The van der Waals surface area contributed by atoms with E-state index in [1.54, 1.807) is 0 Å². The smallest absolute Gasteiger partial charge is 0.161 e. The van der Waals surface area contributed by atoms with Crippen LogP contribution in [0.2, 0.25) is 0 Å². The molecule has 0 atom stereocenters. The number of hydrogen-bond donors (Lipinski definition) is 2. The lowest BCUT2D eigenvalue weighted by molar-refractivity contribution is 0.297. The zero-order valence-corrected chi connectivity index (χ0v) is 11.7. The van der Waals surface area contributed by atoms with Gasteiger partial charge in [0.05, 0.1) is 18.9 Å². The SMILES string of the molecule is NCCNc1ccc(-c2ccc3c(c2)OCCCO3)nn1. The van der Waals surface area contributed by atoms with Gasteiger partial charge in [0.2, 0.25) is 0 Å². The van der Waals surface area contributed by atoms with Crippen molar-refractivity contribution in [3.05, 3.63) is 30.3 Å². The van der Waals surface area contributed by atoms with Crippen LogP contribution in [0.25, 0.3) is 11.3 Å². The Morgan fingerprint density at radius 3 is 2.67 bits per heavy atom. The molecule has 0 aliphatic carbocycles. The van der Waals surface area contributed by atoms with E-state index < -0.39 is 0 Å².